The van der Waals surface area contributed by atoms with E-state index in [-0.39, 0.29) is 17.4 Å². The summed E-state index contributed by atoms with van der Waals surface area (Å²) >= 11 is 0. The number of hydrogen-bond donors (Lipinski definition) is 1. The molecule has 0 bridgehead atoms. The maximum absolute atomic E-state index is 12.7. The molecule has 1 fully saturated rings. The number of amides is 1. The summed E-state index contributed by atoms with van der Waals surface area (Å²) in [7, 11) is 1.89. The van der Waals surface area contributed by atoms with E-state index in [2.05, 4.69) is 34.6 Å². The van der Waals surface area contributed by atoms with Gasteiger partial charge in [-0.15, -0.1) is 0 Å². The highest BCUT2D eigenvalue weighted by atomic mass is 16.2. The minimum absolute atomic E-state index is 0.0844. The Morgan fingerprint density at radius 2 is 2.00 bits per heavy atom. The highest BCUT2D eigenvalue weighted by Gasteiger charge is 2.41. The van der Waals surface area contributed by atoms with Crippen LogP contribution in [0.15, 0.2) is 0 Å². The largest absolute Gasteiger partial charge is 0.341 e. The molecule has 0 spiro atoms. The number of nitrogens with two attached hydrogens (primary N) is 1. The Labute approximate surface area is 112 Å². The predicted octanol–water partition coefficient (Wildman–Crippen LogP) is 2.79. The van der Waals surface area contributed by atoms with Gasteiger partial charge in [0.2, 0.25) is 5.91 Å². The van der Waals surface area contributed by atoms with Gasteiger partial charge >= 0.3 is 0 Å². The van der Waals surface area contributed by atoms with Crippen molar-refractivity contribution in [3.05, 3.63) is 0 Å². The summed E-state index contributed by atoms with van der Waals surface area (Å²) in [6, 6.07) is 0.197. The molecule has 1 rings (SSSR count). The van der Waals surface area contributed by atoms with Crippen molar-refractivity contribution in [3.8, 4) is 0 Å². The fourth-order valence-corrected chi connectivity index (χ4v) is 2.89. The lowest BCUT2D eigenvalue weighted by atomic mass is 9.75. The molecule has 1 amide bonds. The molecule has 0 heterocycles. The minimum atomic E-state index is -0.633. The molecule has 1 saturated carbocycles. The molecule has 0 aromatic rings. The molecule has 3 heteroatoms. The number of rotatable bonds is 2. The van der Waals surface area contributed by atoms with Gasteiger partial charge in [-0.3, -0.25) is 4.79 Å². The van der Waals surface area contributed by atoms with Crippen LogP contribution in [0, 0.1) is 11.3 Å². The van der Waals surface area contributed by atoms with Gasteiger partial charge < -0.3 is 10.6 Å². The van der Waals surface area contributed by atoms with E-state index in [1.165, 1.54) is 6.42 Å². The smallest absolute Gasteiger partial charge is 0.242 e. The molecule has 0 aromatic carbocycles. The zero-order chi connectivity index (χ0) is 14.1. The van der Waals surface area contributed by atoms with Crippen LogP contribution in [-0.4, -0.2) is 29.4 Å². The van der Waals surface area contributed by atoms with Crippen molar-refractivity contribution in [2.24, 2.45) is 17.1 Å². The number of carbonyl (C=O) groups excluding carboxylic acids is 1. The lowest BCUT2D eigenvalue weighted by molar-refractivity contribution is -0.141. The second kappa shape index (κ2) is 5.20. The third-order valence-electron chi connectivity index (χ3n) is 4.61. The molecule has 3 atom stereocenters. The van der Waals surface area contributed by atoms with Gasteiger partial charge in [0.1, 0.15) is 0 Å². The SMILES string of the molecule is CC1CCCC(N)(C(=O)N(C)C(C)C(C)(C)C)C1. The Morgan fingerprint density at radius 1 is 1.44 bits per heavy atom. The van der Waals surface area contributed by atoms with E-state index in [1.807, 2.05) is 11.9 Å². The van der Waals surface area contributed by atoms with Crippen LogP contribution in [0.1, 0.15) is 60.3 Å². The fourth-order valence-electron chi connectivity index (χ4n) is 2.89. The van der Waals surface area contributed by atoms with Crippen molar-refractivity contribution in [2.45, 2.75) is 71.9 Å². The van der Waals surface area contributed by atoms with E-state index < -0.39 is 5.54 Å². The molecule has 2 N–H and O–H groups in total. The van der Waals surface area contributed by atoms with Gasteiger partial charge in [-0.25, -0.2) is 0 Å². The first-order chi connectivity index (χ1) is 8.08. The summed E-state index contributed by atoms with van der Waals surface area (Å²) in [6.07, 6.45) is 3.93. The first-order valence-corrected chi connectivity index (χ1v) is 7.14. The van der Waals surface area contributed by atoms with Crippen LogP contribution in [0.5, 0.6) is 0 Å². The van der Waals surface area contributed by atoms with Crippen LogP contribution >= 0.6 is 0 Å². The Balaban J connectivity index is 2.80. The van der Waals surface area contributed by atoms with Crippen LogP contribution in [0.2, 0.25) is 0 Å². The van der Waals surface area contributed by atoms with Crippen molar-refractivity contribution in [1.29, 1.82) is 0 Å². The zero-order valence-electron chi connectivity index (χ0n) is 12.9. The highest BCUT2D eigenvalue weighted by Crippen LogP contribution is 2.33. The Morgan fingerprint density at radius 3 is 2.44 bits per heavy atom. The summed E-state index contributed by atoms with van der Waals surface area (Å²) < 4.78 is 0. The van der Waals surface area contributed by atoms with E-state index in [9.17, 15) is 4.79 Å². The molecule has 0 aromatic heterocycles. The van der Waals surface area contributed by atoms with E-state index in [1.54, 1.807) is 0 Å². The molecule has 3 nitrogen and oxygen atoms in total. The second-order valence-electron chi connectivity index (χ2n) is 7.32. The first kappa shape index (κ1) is 15.5. The second-order valence-corrected chi connectivity index (χ2v) is 7.32. The lowest BCUT2D eigenvalue weighted by Gasteiger charge is -2.43. The maximum atomic E-state index is 12.7. The quantitative estimate of drug-likeness (QED) is 0.823. The van der Waals surface area contributed by atoms with Gasteiger partial charge in [-0.2, -0.15) is 0 Å². The van der Waals surface area contributed by atoms with Gasteiger partial charge in [0.15, 0.2) is 0 Å². The van der Waals surface area contributed by atoms with Crippen LogP contribution in [0.4, 0.5) is 0 Å². The van der Waals surface area contributed by atoms with Crippen molar-refractivity contribution >= 4 is 5.91 Å². The van der Waals surface area contributed by atoms with E-state index in [0.717, 1.165) is 19.3 Å². The van der Waals surface area contributed by atoms with Gasteiger partial charge in [0, 0.05) is 13.1 Å². The van der Waals surface area contributed by atoms with Crippen molar-refractivity contribution in [1.82, 2.24) is 4.90 Å². The first-order valence-electron chi connectivity index (χ1n) is 7.14. The van der Waals surface area contributed by atoms with Crippen molar-refractivity contribution in [3.63, 3.8) is 0 Å². The Kier molecular flexibility index (Phi) is 4.47. The average Bonchev–Trinajstić information content (AvgIpc) is 2.24. The van der Waals surface area contributed by atoms with E-state index >= 15 is 0 Å². The minimum Gasteiger partial charge on any atom is -0.341 e. The zero-order valence-corrected chi connectivity index (χ0v) is 12.9. The predicted molar refractivity (Wildman–Crippen MR) is 76.2 cm³/mol. The molecule has 1 aliphatic rings. The maximum Gasteiger partial charge on any atom is 0.242 e. The van der Waals surface area contributed by atoms with Gasteiger partial charge in [0.25, 0.3) is 0 Å². The molecule has 3 unspecified atom stereocenters. The molecule has 0 saturated heterocycles. The fraction of sp³-hybridized carbons (Fsp3) is 0.933. The standard InChI is InChI=1S/C15H30N2O/c1-11-8-7-9-15(16,10-11)13(18)17(6)12(2)14(3,4)5/h11-12H,7-10,16H2,1-6H3. The molecule has 18 heavy (non-hydrogen) atoms. The van der Waals surface area contributed by atoms with E-state index in [4.69, 9.17) is 5.73 Å². The van der Waals surface area contributed by atoms with Gasteiger partial charge in [-0.05, 0) is 31.1 Å². The number of nitrogens with zero attached hydrogens (tertiary/aromatic N) is 1. The molecule has 0 aliphatic heterocycles. The molecular formula is C15H30N2O. The summed E-state index contributed by atoms with van der Waals surface area (Å²) in [5.41, 5.74) is 5.84. The third kappa shape index (κ3) is 3.25. The molecule has 106 valence electrons. The van der Waals surface area contributed by atoms with Crippen LogP contribution in [0.25, 0.3) is 0 Å². The summed E-state index contributed by atoms with van der Waals surface area (Å²) in [5, 5.41) is 0. The summed E-state index contributed by atoms with van der Waals surface area (Å²) in [6.45, 7) is 10.8. The van der Waals surface area contributed by atoms with Crippen molar-refractivity contribution in [2.75, 3.05) is 7.05 Å². The molecular weight excluding hydrogens is 224 g/mol. The molecule has 0 radical (unpaired) electrons. The van der Waals surface area contributed by atoms with Gasteiger partial charge in [-0.1, -0.05) is 40.5 Å². The van der Waals surface area contributed by atoms with Crippen LogP contribution < -0.4 is 5.73 Å². The number of hydrogen-bond acceptors (Lipinski definition) is 2. The number of carbonyl (C=O) groups is 1. The van der Waals surface area contributed by atoms with Gasteiger partial charge in [0.05, 0.1) is 5.54 Å². The van der Waals surface area contributed by atoms with Crippen LogP contribution in [0.3, 0.4) is 0 Å². The normalized spacial score (nSPS) is 30.9. The summed E-state index contributed by atoms with van der Waals surface area (Å²) in [4.78, 5) is 14.5. The van der Waals surface area contributed by atoms with E-state index in [0.29, 0.717) is 5.92 Å². The topological polar surface area (TPSA) is 46.3 Å². The van der Waals surface area contributed by atoms with Crippen molar-refractivity contribution < 1.29 is 4.79 Å². The van der Waals surface area contributed by atoms with Crippen LogP contribution in [-0.2, 0) is 4.79 Å². The third-order valence-corrected chi connectivity index (χ3v) is 4.61. The summed E-state index contributed by atoms with van der Waals surface area (Å²) in [5.74, 6) is 0.683. The monoisotopic (exact) mass is 254 g/mol. The Bertz CT molecular complexity index is 308. The average molecular weight is 254 g/mol. The lowest BCUT2D eigenvalue weighted by Crippen LogP contribution is -2.59. The highest BCUT2D eigenvalue weighted by molar-refractivity contribution is 5.86. The molecule has 1 aliphatic carbocycles. The Hall–Kier alpha value is -0.570. The number of likely N-dealkylation sites (N-methyl/N-ethyl adjacent to an activating group) is 1.